The molecule has 0 spiro atoms. The molecule has 0 radical (unpaired) electrons. The molecular formula is C7H14N2O3. The number of hydrogen-bond acceptors (Lipinski definition) is 4. The Hall–Kier alpha value is -0.650. The fourth-order valence-electron chi connectivity index (χ4n) is 1.29. The van der Waals surface area contributed by atoms with Gasteiger partial charge in [-0.05, 0) is 18.8 Å². The Labute approximate surface area is 71.0 Å². The first-order valence-corrected chi connectivity index (χ1v) is 4.04. The predicted molar refractivity (Wildman–Crippen MR) is 41.0 cm³/mol. The van der Waals surface area contributed by atoms with E-state index in [9.17, 15) is 4.79 Å². The number of hydroxylamine groups is 1. The van der Waals surface area contributed by atoms with Crippen LogP contribution in [0.3, 0.4) is 0 Å². The molecule has 1 aliphatic heterocycles. The van der Waals surface area contributed by atoms with Crippen molar-refractivity contribution >= 4 is 5.91 Å². The van der Waals surface area contributed by atoms with Crippen molar-refractivity contribution in [2.45, 2.75) is 19.3 Å². The monoisotopic (exact) mass is 174 g/mol. The zero-order valence-corrected chi connectivity index (χ0v) is 6.90. The second-order valence-corrected chi connectivity index (χ2v) is 3.00. The van der Waals surface area contributed by atoms with Crippen LogP contribution in [0.5, 0.6) is 0 Å². The Bertz CT molecular complexity index is 155. The van der Waals surface area contributed by atoms with Crippen LogP contribution in [0.4, 0.5) is 0 Å². The van der Waals surface area contributed by atoms with Gasteiger partial charge in [0, 0.05) is 19.6 Å². The molecule has 0 atom stereocenters. The molecule has 3 N–H and O–H groups in total. The van der Waals surface area contributed by atoms with Crippen LogP contribution >= 0.6 is 0 Å². The number of carbonyl (C=O) groups is 1. The zero-order chi connectivity index (χ0) is 8.97. The minimum Gasteiger partial charge on any atom is -0.381 e. The third-order valence-corrected chi connectivity index (χ3v) is 2.06. The highest BCUT2D eigenvalue weighted by Gasteiger charge is 2.18. The highest BCUT2D eigenvalue weighted by atomic mass is 16.5. The van der Waals surface area contributed by atoms with Crippen LogP contribution in [0.15, 0.2) is 0 Å². The first kappa shape index (κ1) is 9.44. The summed E-state index contributed by atoms with van der Waals surface area (Å²) in [7, 11) is 0. The molecule has 12 heavy (non-hydrogen) atoms. The molecule has 0 aromatic rings. The van der Waals surface area contributed by atoms with Crippen LogP contribution in [0.1, 0.15) is 19.3 Å². The second-order valence-electron chi connectivity index (χ2n) is 3.00. The van der Waals surface area contributed by atoms with E-state index in [-0.39, 0.29) is 5.17 Å². The summed E-state index contributed by atoms with van der Waals surface area (Å²) in [6.07, 6.45) is 2.06. The minimum atomic E-state index is -0.429. The third kappa shape index (κ3) is 2.77. The molecule has 0 aliphatic carbocycles. The lowest BCUT2D eigenvalue weighted by Gasteiger charge is -2.21. The molecular weight excluding hydrogens is 160 g/mol. The Balaban J connectivity index is 2.24. The van der Waals surface area contributed by atoms with Crippen molar-refractivity contribution < 1.29 is 14.7 Å². The van der Waals surface area contributed by atoms with Gasteiger partial charge in [-0.25, -0.2) is 5.84 Å². The van der Waals surface area contributed by atoms with Gasteiger partial charge in [0.05, 0.1) is 0 Å². The quantitative estimate of drug-likeness (QED) is 0.265. The number of ether oxygens (including phenoxy) is 1. The highest BCUT2D eigenvalue weighted by Crippen LogP contribution is 2.18. The Morgan fingerprint density at radius 1 is 1.58 bits per heavy atom. The topological polar surface area (TPSA) is 75.8 Å². The Morgan fingerprint density at radius 2 is 2.17 bits per heavy atom. The predicted octanol–water partition coefficient (Wildman–Crippen LogP) is -0.105. The molecule has 1 heterocycles. The number of nitrogens with two attached hydrogens (primary N) is 1. The van der Waals surface area contributed by atoms with Gasteiger partial charge in [0.1, 0.15) is 0 Å². The summed E-state index contributed by atoms with van der Waals surface area (Å²) in [5.74, 6) is 4.74. The number of carbonyl (C=O) groups excluding carboxylic acids is 1. The van der Waals surface area contributed by atoms with E-state index in [1.165, 1.54) is 0 Å². The summed E-state index contributed by atoms with van der Waals surface area (Å²) in [4.78, 5) is 10.9. The summed E-state index contributed by atoms with van der Waals surface area (Å²) < 4.78 is 5.12. The lowest BCUT2D eigenvalue weighted by molar-refractivity contribution is -0.168. The van der Waals surface area contributed by atoms with Gasteiger partial charge in [-0.15, -0.1) is 0 Å². The molecule has 70 valence electrons. The lowest BCUT2D eigenvalue weighted by Crippen LogP contribution is -2.35. The van der Waals surface area contributed by atoms with E-state index in [1.54, 1.807) is 0 Å². The number of amides is 1. The van der Waals surface area contributed by atoms with Crippen molar-refractivity contribution in [1.82, 2.24) is 5.17 Å². The molecule has 0 aromatic heterocycles. The normalized spacial score (nSPS) is 19.2. The largest absolute Gasteiger partial charge is 0.381 e. The molecule has 0 aromatic carbocycles. The van der Waals surface area contributed by atoms with Crippen molar-refractivity contribution in [2.75, 3.05) is 13.2 Å². The van der Waals surface area contributed by atoms with Crippen LogP contribution in [0.2, 0.25) is 0 Å². The molecule has 1 rings (SSSR count). The first-order chi connectivity index (χ1) is 5.70. The average molecular weight is 174 g/mol. The van der Waals surface area contributed by atoms with Crippen molar-refractivity contribution in [2.24, 2.45) is 11.8 Å². The van der Waals surface area contributed by atoms with E-state index in [0.29, 0.717) is 25.6 Å². The average Bonchev–Trinajstić information content (AvgIpc) is 2.06. The third-order valence-electron chi connectivity index (χ3n) is 2.06. The van der Waals surface area contributed by atoms with Gasteiger partial charge < -0.3 is 4.74 Å². The maximum atomic E-state index is 10.9. The van der Waals surface area contributed by atoms with E-state index in [2.05, 4.69) is 0 Å². The molecule has 1 aliphatic rings. The smallest absolute Gasteiger partial charge is 0.261 e. The van der Waals surface area contributed by atoms with Gasteiger partial charge in [-0.3, -0.25) is 10.0 Å². The van der Waals surface area contributed by atoms with E-state index in [0.717, 1.165) is 12.8 Å². The van der Waals surface area contributed by atoms with Crippen molar-refractivity contribution in [3.63, 3.8) is 0 Å². The SMILES string of the molecule is NN(O)C(=O)CC1CCOCC1. The zero-order valence-electron chi connectivity index (χ0n) is 6.90. The summed E-state index contributed by atoms with van der Waals surface area (Å²) in [5, 5.41) is 8.74. The number of rotatable bonds is 2. The number of hydrazine groups is 1. The fourth-order valence-corrected chi connectivity index (χ4v) is 1.29. The Kier molecular flexibility index (Phi) is 3.46. The van der Waals surface area contributed by atoms with Crippen molar-refractivity contribution in [3.05, 3.63) is 0 Å². The van der Waals surface area contributed by atoms with E-state index >= 15 is 0 Å². The molecule has 0 unspecified atom stereocenters. The fraction of sp³-hybridized carbons (Fsp3) is 0.857. The van der Waals surface area contributed by atoms with E-state index in [4.69, 9.17) is 15.8 Å². The van der Waals surface area contributed by atoms with Gasteiger partial charge in [-0.1, -0.05) is 0 Å². The van der Waals surface area contributed by atoms with Gasteiger partial charge in [0.25, 0.3) is 5.91 Å². The highest BCUT2D eigenvalue weighted by molar-refractivity contribution is 5.74. The summed E-state index contributed by atoms with van der Waals surface area (Å²) in [6, 6.07) is 0. The summed E-state index contributed by atoms with van der Waals surface area (Å²) >= 11 is 0. The number of hydrogen-bond donors (Lipinski definition) is 2. The molecule has 5 heteroatoms. The van der Waals surface area contributed by atoms with Crippen LogP contribution in [-0.2, 0) is 9.53 Å². The maximum Gasteiger partial charge on any atom is 0.261 e. The molecule has 1 amide bonds. The first-order valence-electron chi connectivity index (χ1n) is 4.04. The molecule has 0 bridgehead atoms. The van der Waals surface area contributed by atoms with Crippen LogP contribution in [-0.4, -0.2) is 29.5 Å². The standard InChI is InChI=1S/C7H14N2O3/c8-9(11)7(10)5-6-1-3-12-4-2-6/h6,11H,1-5,8H2. The van der Waals surface area contributed by atoms with Gasteiger partial charge in [-0.2, -0.15) is 5.17 Å². The summed E-state index contributed by atoms with van der Waals surface area (Å²) in [6.45, 7) is 1.40. The molecule has 1 fully saturated rings. The second kappa shape index (κ2) is 4.39. The maximum absolute atomic E-state index is 10.9. The Morgan fingerprint density at radius 3 is 2.67 bits per heavy atom. The van der Waals surface area contributed by atoms with Crippen LogP contribution < -0.4 is 5.84 Å². The van der Waals surface area contributed by atoms with Gasteiger partial charge >= 0.3 is 0 Å². The number of nitrogens with zero attached hydrogens (tertiary/aromatic N) is 1. The van der Waals surface area contributed by atoms with Gasteiger partial charge in [0.15, 0.2) is 0 Å². The molecule has 0 saturated carbocycles. The summed E-state index contributed by atoms with van der Waals surface area (Å²) in [5.41, 5.74) is 0. The van der Waals surface area contributed by atoms with E-state index < -0.39 is 5.91 Å². The molecule has 1 saturated heterocycles. The lowest BCUT2D eigenvalue weighted by atomic mass is 9.96. The minimum absolute atomic E-state index is 0.162. The van der Waals surface area contributed by atoms with Crippen LogP contribution in [0.25, 0.3) is 0 Å². The van der Waals surface area contributed by atoms with Gasteiger partial charge in [0.2, 0.25) is 0 Å². The van der Waals surface area contributed by atoms with E-state index in [1.807, 2.05) is 0 Å². The van der Waals surface area contributed by atoms with Crippen molar-refractivity contribution in [3.8, 4) is 0 Å². The molecule has 5 nitrogen and oxygen atoms in total. The van der Waals surface area contributed by atoms with Crippen molar-refractivity contribution in [1.29, 1.82) is 0 Å². The van der Waals surface area contributed by atoms with Crippen LogP contribution in [0, 0.1) is 5.92 Å².